The molecular weight excluding hydrogens is 783 g/mol. The fourth-order valence-electron chi connectivity index (χ4n) is 13.0. The average molecular weight is 860 g/mol. The number of aliphatic hydroxyl groups is 1. The van der Waals surface area contributed by atoms with Gasteiger partial charge in [0.25, 0.3) is 0 Å². The predicted octanol–water partition coefficient (Wildman–Crippen LogP) is 12.8. The van der Waals surface area contributed by atoms with E-state index in [0.29, 0.717) is 24.8 Å². The fraction of sp³-hybridized carbons (Fsp3) is 0.589. The first-order valence-corrected chi connectivity index (χ1v) is 24.3. The Bertz CT molecular complexity index is 1960. The lowest BCUT2D eigenvalue weighted by atomic mass is 9.47. The van der Waals surface area contributed by atoms with Gasteiger partial charge in [-0.05, 0) is 158 Å². The SMILES string of the molecule is CCC(C/C=C(\C)C1CCC2C3CC=C4C[C@H](OC(=O)NCCC(O)CCOC(c5ccccc5)(c5ccc(OC)cc5)c5ccc(OC)cc5)CC[C@@]4(C)C3CC[C@@]12C)C(C)C. The van der Waals surface area contributed by atoms with E-state index in [4.69, 9.17) is 18.9 Å². The maximum absolute atomic E-state index is 13.2. The van der Waals surface area contributed by atoms with Crippen molar-refractivity contribution in [2.75, 3.05) is 27.4 Å². The van der Waals surface area contributed by atoms with E-state index in [1.54, 1.807) is 19.8 Å². The second-order valence-electron chi connectivity index (χ2n) is 20.3. The minimum atomic E-state index is -0.953. The number of fused-ring (bicyclic) bond motifs is 5. The number of hydrogen-bond donors (Lipinski definition) is 2. The molecule has 3 saturated carbocycles. The van der Waals surface area contributed by atoms with Crippen LogP contribution < -0.4 is 14.8 Å². The van der Waals surface area contributed by atoms with Crippen molar-refractivity contribution in [1.82, 2.24) is 5.32 Å². The summed E-state index contributed by atoms with van der Waals surface area (Å²) in [5.74, 6) is 6.02. The number of aliphatic hydroxyl groups excluding tert-OH is 1. The van der Waals surface area contributed by atoms with Crippen molar-refractivity contribution in [3.8, 4) is 11.5 Å². The second kappa shape index (κ2) is 20.4. The number of rotatable bonds is 18. The molecule has 0 bridgehead atoms. The molecule has 3 fully saturated rings. The summed E-state index contributed by atoms with van der Waals surface area (Å²) in [6.45, 7) is 15.3. The number of nitrogens with one attached hydrogen (secondary N) is 1. The van der Waals surface area contributed by atoms with Crippen LogP contribution in [0.2, 0.25) is 0 Å². The van der Waals surface area contributed by atoms with Crippen LogP contribution in [0.4, 0.5) is 4.79 Å². The van der Waals surface area contributed by atoms with Crippen LogP contribution in [0.15, 0.2) is 102 Å². The standard InChI is InChI=1S/C56H77NO6/c1-9-40(38(2)3)16-15-39(4)50-27-28-51-49-26-21-44-37-48(29-33-54(44,5)52(49)30-34-55(50,51)6)63-53(59)57-35-31-45(58)32-36-62-56(41-13-11-10-12-14-41,42-17-22-46(60-7)23-18-42)43-19-24-47(61-8)25-20-43/h10-15,17-25,38,40,45,48-52,58H,9,16,26-37H2,1-8H3,(H,57,59)/b39-15+/t40?,45?,48-,49?,50?,51?,52?,54-,55+/m1/s1. The van der Waals surface area contributed by atoms with Gasteiger partial charge < -0.3 is 29.4 Å². The Hall–Kier alpha value is -4.07. The van der Waals surface area contributed by atoms with Gasteiger partial charge in [0.05, 0.1) is 26.9 Å². The van der Waals surface area contributed by atoms with E-state index in [-0.39, 0.29) is 18.1 Å². The summed E-state index contributed by atoms with van der Waals surface area (Å²) in [7, 11) is 3.32. The highest BCUT2D eigenvalue weighted by Crippen LogP contribution is 2.67. The Kier molecular flexibility index (Phi) is 15.2. The number of ether oxygens (including phenoxy) is 4. The number of carbonyl (C=O) groups excluding carboxylic acids is 1. The average Bonchev–Trinajstić information content (AvgIpc) is 3.66. The van der Waals surface area contributed by atoms with Crippen molar-refractivity contribution >= 4 is 6.09 Å². The molecule has 9 atom stereocenters. The number of benzene rings is 3. The maximum atomic E-state index is 13.2. The number of alkyl carbamates (subject to hydrolysis) is 1. The highest BCUT2D eigenvalue weighted by Gasteiger charge is 2.59. The van der Waals surface area contributed by atoms with Crippen molar-refractivity contribution in [1.29, 1.82) is 0 Å². The van der Waals surface area contributed by atoms with Crippen LogP contribution in [0, 0.1) is 46.3 Å². The zero-order valence-corrected chi connectivity index (χ0v) is 39.7. The molecule has 63 heavy (non-hydrogen) atoms. The van der Waals surface area contributed by atoms with Gasteiger partial charge in [-0.25, -0.2) is 4.79 Å². The van der Waals surface area contributed by atoms with E-state index >= 15 is 0 Å². The van der Waals surface area contributed by atoms with E-state index in [2.05, 4.69) is 71.1 Å². The van der Waals surface area contributed by atoms with Gasteiger partial charge in [0.1, 0.15) is 23.2 Å². The van der Waals surface area contributed by atoms with Gasteiger partial charge in [0.2, 0.25) is 0 Å². The third-order valence-corrected chi connectivity index (χ3v) is 16.8. The first-order valence-electron chi connectivity index (χ1n) is 24.3. The van der Waals surface area contributed by atoms with Crippen molar-refractivity contribution < 1.29 is 28.8 Å². The molecule has 6 unspecified atom stereocenters. The zero-order chi connectivity index (χ0) is 44.8. The molecule has 0 aliphatic heterocycles. The Morgan fingerprint density at radius 2 is 1.51 bits per heavy atom. The number of amides is 1. The molecule has 0 aromatic heterocycles. The molecule has 342 valence electrons. The Balaban J connectivity index is 0.914. The van der Waals surface area contributed by atoms with Gasteiger partial charge in [-0.15, -0.1) is 0 Å². The van der Waals surface area contributed by atoms with Gasteiger partial charge in [0.15, 0.2) is 0 Å². The van der Waals surface area contributed by atoms with Gasteiger partial charge in [-0.2, -0.15) is 0 Å². The molecule has 1 amide bonds. The van der Waals surface area contributed by atoms with Gasteiger partial charge in [-0.3, -0.25) is 0 Å². The summed E-state index contributed by atoms with van der Waals surface area (Å²) in [6, 6.07) is 26.0. The maximum Gasteiger partial charge on any atom is 0.407 e. The molecule has 3 aromatic carbocycles. The van der Waals surface area contributed by atoms with Crippen LogP contribution in [0.1, 0.15) is 135 Å². The number of methoxy groups -OCH3 is 2. The zero-order valence-electron chi connectivity index (χ0n) is 39.7. The quantitative estimate of drug-likeness (QED) is 0.0979. The Morgan fingerprint density at radius 1 is 0.857 bits per heavy atom. The lowest BCUT2D eigenvalue weighted by Crippen LogP contribution is -2.50. The minimum Gasteiger partial charge on any atom is -0.497 e. The van der Waals surface area contributed by atoms with Gasteiger partial charge >= 0.3 is 6.09 Å². The van der Waals surface area contributed by atoms with E-state index in [1.165, 1.54) is 50.5 Å². The van der Waals surface area contributed by atoms with Crippen molar-refractivity contribution in [2.45, 2.75) is 136 Å². The molecule has 0 saturated heterocycles. The van der Waals surface area contributed by atoms with E-state index in [9.17, 15) is 9.90 Å². The fourth-order valence-corrected chi connectivity index (χ4v) is 13.0. The summed E-state index contributed by atoms with van der Waals surface area (Å²) in [5, 5.41) is 14.1. The van der Waals surface area contributed by atoms with E-state index in [1.807, 2.05) is 66.7 Å². The number of hydrogen-bond acceptors (Lipinski definition) is 6. The van der Waals surface area contributed by atoms with Crippen molar-refractivity contribution in [3.05, 3.63) is 119 Å². The first kappa shape index (κ1) is 46.9. The molecule has 7 nitrogen and oxygen atoms in total. The van der Waals surface area contributed by atoms with Gasteiger partial charge in [0, 0.05) is 13.0 Å². The van der Waals surface area contributed by atoms with Crippen LogP contribution in [0.3, 0.4) is 0 Å². The topological polar surface area (TPSA) is 86.3 Å². The normalized spacial score (nSPS) is 27.9. The molecule has 0 spiro atoms. The predicted molar refractivity (Wildman–Crippen MR) is 254 cm³/mol. The highest BCUT2D eigenvalue weighted by molar-refractivity contribution is 5.67. The molecule has 4 aliphatic rings. The third-order valence-electron chi connectivity index (χ3n) is 16.8. The summed E-state index contributed by atoms with van der Waals surface area (Å²) in [5.41, 5.74) is 5.68. The van der Waals surface area contributed by atoms with Crippen molar-refractivity contribution in [3.63, 3.8) is 0 Å². The minimum absolute atomic E-state index is 0.114. The molecule has 7 heteroatoms. The molecule has 0 heterocycles. The summed E-state index contributed by atoms with van der Waals surface area (Å²) < 4.78 is 24.0. The van der Waals surface area contributed by atoms with E-state index in [0.717, 1.165) is 83.0 Å². The van der Waals surface area contributed by atoms with Crippen LogP contribution in [0.25, 0.3) is 0 Å². The molecule has 4 aliphatic carbocycles. The van der Waals surface area contributed by atoms with Crippen LogP contribution in [0.5, 0.6) is 11.5 Å². The smallest absolute Gasteiger partial charge is 0.407 e. The molecule has 3 aromatic rings. The van der Waals surface area contributed by atoms with Crippen LogP contribution >= 0.6 is 0 Å². The summed E-state index contributed by atoms with van der Waals surface area (Å²) in [4.78, 5) is 13.2. The largest absolute Gasteiger partial charge is 0.497 e. The highest BCUT2D eigenvalue weighted by atomic mass is 16.6. The summed E-state index contributed by atoms with van der Waals surface area (Å²) >= 11 is 0. The number of carbonyl (C=O) groups is 1. The molecule has 0 radical (unpaired) electrons. The Morgan fingerprint density at radius 3 is 2.13 bits per heavy atom. The first-order chi connectivity index (χ1) is 30.4. The van der Waals surface area contributed by atoms with Gasteiger partial charge in [-0.1, -0.05) is 119 Å². The lowest BCUT2D eigenvalue weighted by molar-refractivity contribution is -0.0467. The van der Waals surface area contributed by atoms with Crippen molar-refractivity contribution in [2.24, 2.45) is 46.3 Å². The lowest BCUT2D eigenvalue weighted by Gasteiger charge is -2.58. The van der Waals surface area contributed by atoms with Crippen LogP contribution in [-0.2, 0) is 15.1 Å². The summed E-state index contributed by atoms with van der Waals surface area (Å²) in [6.07, 6.45) is 16.6. The Labute approximate surface area is 379 Å². The molecular formula is C56H77NO6. The molecule has 2 N–H and O–H groups in total. The monoisotopic (exact) mass is 860 g/mol. The molecule has 7 rings (SSSR count). The number of allylic oxidation sites excluding steroid dienone is 3. The van der Waals surface area contributed by atoms with E-state index < -0.39 is 17.8 Å². The van der Waals surface area contributed by atoms with Crippen LogP contribution in [-0.4, -0.2) is 50.8 Å². The second-order valence-corrected chi connectivity index (χ2v) is 20.3. The third kappa shape index (κ3) is 9.81.